The summed E-state index contributed by atoms with van der Waals surface area (Å²) in [7, 11) is 0. The van der Waals surface area contributed by atoms with Crippen LogP contribution in [0, 0.1) is 5.92 Å². The number of carbonyl (C=O) groups is 3. The Kier molecular flexibility index (Phi) is 6.50. The number of hydrogen-bond acceptors (Lipinski definition) is 4. The molecule has 0 atom stereocenters. The number of hydrogen-bond donors (Lipinski definition) is 2. The van der Waals surface area contributed by atoms with Crippen LogP contribution in [0.1, 0.15) is 40.7 Å². The Bertz CT molecular complexity index is 953. The zero-order valence-corrected chi connectivity index (χ0v) is 17.4. The van der Waals surface area contributed by atoms with Crippen molar-refractivity contribution < 1.29 is 19.1 Å². The molecule has 0 saturated carbocycles. The van der Waals surface area contributed by atoms with Crippen molar-refractivity contribution in [3.05, 3.63) is 65.2 Å². The lowest BCUT2D eigenvalue weighted by atomic mass is 9.96. The molecule has 2 aromatic rings. The minimum atomic E-state index is -0.285. The lowest BCUT2D eigenvalue weighted by Crippen LogP contribution is -2.41. The topological polar surface area (TPSA) is 87.7 Å². The molecule has 2 aliphatic heterocycles. The molecule has 3 amide bonds. The van der Waals surface area contributed by atoms with Crippen molar-refractivity contribution in [2.45, 2.75) is 32.3 Å². The number of nitrogens with zero attached hydrogens (tertiary/aromatic N) is 1. The highest BCUT2D eigenvalue weighted by Gasteiger charge is 2.24. The fourth-order valence-electron chi connectivity index (χ4n) is 3.99. The van der Waals surface area contributed by atoms with Gasteiger partial charge in [0.1, 0.15) is 6.61 Å². The number of benzene rings is 2. The number of ether oxygens (including phenoxy) is 1. The van der Waals surface area contributed by atoms with Crippen molar-refractivity contribution in [2.24, 2.45) is 5.92 Å². The zero-order chi connectivity index (χ0) is 21.6. The zero-order valence-electron chi connectivity index (χ0n) is 17.4. The molecular formula is C24H27N3O4. The number of likely N-dealkylation sites (tertiary alicyclic amines) is 1. The molecule has 0 aliphatic carbocycles. The molecule has 4 rings (SSSR count). The predicted octanol–water partition coefficient (Wildman–Crippen LogP) is 3.35. The molecule has 0 unspecified atom stereocenters. The number of anilines is 1. The van der Waals surface area contributed by atoms with Crippen LogP contribution < -0.4 is 10.6 Å². The van der Waals surface area contributed by atoms with Gasteiger partial charge in [0.05, 0.1) is 0 Å². The van der Waals surface area contributed by atoms with Gasteiger partial charge in [0.15, 0.2) is 0 Å². The smallest absolute Gasteiger partial charge is 0.410 e. The van der Waals surface area contributed by atoms with Crippen LogP contribution in [0.25, 0.3) is 0 Å². The van der Waals surface area contributed by atoms with Crippen molar-refractivity contribution in [1.29, 1.82) is 0 Å². The van der Waals surface area contributed by atoms with Gasteiger partial charge in [-0.2, -0.15) is 0 Å². The van der Waals surface area contributed by atoms with E-state index in [1.807, 2.05) is 36.4 Å². The number of nitrogens with one attached hydrogen (secondary N) is 2. The molecule has 2 aromatic carbocycles. The summed E-state index contributed by atoms with van der Waals surface area (Å²) in [5, 5.41) is 5.84. The monoisotopic (exact) mass is 421 g/mol. The number of amides is 3. The summed E-state index contributed by atoms with van der Waals surface area (Å²) in [5.41, 5.74) is 3.36. The van der Waals surface area contributed by atoms with E-state index in [4.69, 9.17) is 4.74 Å². The Morgan fingerprint density at radius 3 is 2.61 bits per heavy atom. The van der Waals surface area contributed by atoms with Gasteiger partial charge in [-0.25, -0.2) is 4.79 Å². The summed E-state index contributed by atoms with van der Waals surface area (Å²) in [4.78, 5) is 38.0. The summed E-state index contributed by atoms with van der Waals surface area (Å²) < 4.78 is 5.40. The quantitative estimate of drug-likeness (QED) is 0.775. The van der Waals surface area contributed by atoms with Crippen molar-refractivity contribution in [3.63, 3.8) is 0 Å². The standard InChI is InChI=1S/C24H27N3O4/c28-22-9-7-19-14-20(6-8-21(19)26-22)23(29)25-15-17-10-12-27(13-11-17)24(30)31-16-18-4-2-1-3-5-18/h1-6,8,14,17H,7,9-13,15-16H2,(H,25,29)(H,26,28). The van der Waals surface area contributed by atoms with Crippen LogP contribution in [-0.4, -0.2) is 42.4 Å². The number of rotatable bonds is 5. The fourth-order valence-corrected chi connectivity index (χ4v) is 3.99. The van der Waals surface area contributed by atoms with Gasteiger partial charge in [0.2, 0.25) is 5.91 Å². The maximum Gasteiger partial charge on any atom is 0.410 e. The second kappa shape index (κ2) is 9.64. The SMILES string of the molecule is O=C1CCc2cc(C(=O)NCC3CCN(C(=O)OCc4ccccc4)CC3)ccc2N1. The third-order valence-corrected chi connectivity index (χ3v) is 5.89. The molecule has 162 valence electrons. The van der Waals surface area contributed by atoms with Crippen LogP contribution in [0.3, 0.4) is 0 Å². The van der Waals surface area contributed by atoms with Gasteiger partial charge >= 0.3 is 6.09 Å². The second-order valence-electron chi connectivity index (χ2n) is 8.10. The average molecular weight is 421 g/mol. The summed E-state index contributed by atoms with van der Waals surface area (Å²) in [6.07, 6.45) is 2.48. The highest BCUT2D eigenvalue weighted by atomic mass is 16.6. The Labute approximate surface area is 181 Å². The summed E-state index contributed by atoms with van der Waals surface area (Å²) >= 11 is 0. The molecule has 0 radical (unpaired) electrons. The van der Waals surface area contributed by atoms with Crippen LogP contribution in [0.4, 0.5) is 10.5 Å². The maximum atomic E-state index is 12.5. The molecule has 2 aliphatic rings. The Morgan fingerprint density at radius 2 is 1.84 bits per heavy atom. The number of carbonyl (C=O) groups excluding carboxylic acids is 3. The summed E-state index contributed by atoms with van der Waals surface area (Å²) in [6.45, 7) is 2.12. The minimum absolute atomic E-state index is 0.0139. The average Bonchev–Trinajstić information content (AvgIpc) is 2.81. The Hall–Kier alpha value is -3.35. The van der Waals surface area contributed by atoms with E-state index in [0.717, 1.165) is 29.7 Å². The van der Waals surface area contributed by atoms with Crippen molar-refractivity contribution in [1.82, 2.24) is 10.2 Å². The third-order valence-electron chi connectivity index (χ3n) is 5.89. The molecule has 7 nitrogen and oxygen atoms in total. The van der Waals surface area contributed by atoms with Crippen LogP contribution in [0.15, 0.2) is 48.5 Å². The molecule has 0 aromatic heterocycles. The Morgan fingerprint density at radius 1 is 1.06 bits per heavy atom. The van der Waals surface area contributed by atoms with Crippen LogP contribution >= 0.6 is 0 Å². The van der Waals surface area contributed by atoms with E-state index in [1.165, 1.54) is 0 Å². The van der Waals surface area contributed by atoms with Crippen LogP contribution in [0.2, 0.25) is 0 Å². The third kappa shape index (κ3) is 5.42. The molecule has 0 bridgehead atoms. The lowest BCUT2D eigenvalue weighted by molar-refractivity contribution is -0.116. The highest BCUT2D eigenvalue weighted by Crippen LogP contribution is 2.24. The molecular weight excluding hydrogens is 394 g/mol. The van der Waals surface area contributed by atoms with E-state index in [2.05, 4.69) is 10.6 Å². The van der Waals surface area contributed by atoms with Gasteiger partial charge in [0, 0.05) is 37.3 Å². The number of piperidine rings is 1. The van der Waals surface area contributed by atoms with Gasteiger partial charge < -0.3 is 20.3 Å². The minimum Gasteiger partial charge on any atom is -0.445 e. The van der Waals surface area contributed by atoms with Gasteiger partial charge in [-0.1, -0.05) is 30.3 Å². The number of aryl methyl sites for hydroxylation is 1. The first kappa shape index (κ1) is 20.9. The lowest BCUT2D eigenvalue weighted by Gasteiger charge is -2.31. The molecule has 2 N–H and O–H groups in total. The summed E-state index contributed by atoms with van der Waals surface area (Å²) in [6, 6.07) is 15.0. The van der Waals surface area contributed by atoms with Gasteiger partial charge in [0.25, 0.3) is 5.91 Å². The first-order chi connectivity index (χ1) is 15.1. The van der Waals surface area contributed by atoms with Crippen molar-refractivity contribution in [2.75, 3.05) is 25.0 Å². The predicted molar refractivity (Wildman–Crippen MR) is 117 cm³/mol. The van der Waals surface area contributed by atoms with E-state index in [0.29, 0.717) is 44.0 Å². The molecule has 1 fully saturated rings. The highest BCUT2D eigenvalue weighted by molar-refractivity contribution is 5.97. The molecule has 2 heterocycles. The van der Waals surface area contributed by atoms with E-state index < -0.39 is 0 Å². The van der Waals surface area contributed by atoms with E-state index in [-0.39, 0.29) is 24.5 Å². The van der Waals surface area contributed by atoms with Crippen LogP contribution in [-0.2, 0) is 22.6 Å². The van der Waals surface area contributed by atoms with Gasteiger partial charge in [-0.15, -0.1) is 0 Å². The summed E-state index contributed by atoms with van der Waals surface area (Å²) in [5.74, 6) is 0.239. The van der Waals surface area contributed by atoms with Crippen LogP contribution in [0.5, 0.6) is 0 Å². The first-order valence-electron chi connectivity index (χ1n) is 10.7. The normalized spacial score (nSPS) is 16.3. The van der Waals surface area contributed by atoms with Crippen molar-refractivity contribution >= 4 is 23.6 Å². The molecule has 7 heteroatoms. The molecule has 0 spiro atoms. The van der Waals surface area contributed by atoms with Gasteiger partial charge in [-0.05, 0) is 54.5 Å². The Balaban J connectivity index is 1.20. The largest absolute Gasteiger partial charge is 0.445 e. The van der Waals surface area contributed by atoms with E-state index >= 15 is 0 Å². The second-order valence-corrected chi connectivity index (χ2v) is 8.10. The van der Waals surface area contributed by atoms with E-state index in [9.17, 15) is 14.4 Å². The van der Waals surface area contributed by atoms with Gasteiger partial charge in [-0.3, -0.25) is 9.59 Å². The van der Waals surface area contributed by atoms with E-state index in [1.54, 1.807) is 17.0 Å². The molecule has 31 heavy (non-hydrogen) atoms. The molecule has 1 saturated heterocycles. The maximum absolute atomic E-state index is 12.5. The fraction of sp³-hybridized carbons (Fsp3) is 0.375. The number of fused-ring (bicyclic) bond motifs is 1. The van der Waals surface area contributed by atoms with Crippen molar-refractivity contribution in [3.8, 4) is 0 Å². The first-order valence-corrected chi connectivity index (χ1v) is 10.7.